The van der Waals surface area contributed by atoms with E-state index in [4.69, 9.17) is 9.47 Å². The lowest BCUT2D eigenvalue weighted by Gasteiger charge is -2.36. The number of carbonyl (C=O) groups is 2. The van der Waals surface area contributed by atoms with Gasteiger partial charge in [0, 0.05) is 18.5 Å². The molecule has 1 aromatic carbocycles. The Hall–Kier alpha value is -2.14. The zero-order valence-corrected chi connectivity index (χ0v) is 25.4. The van der Waals surface area contributed by atoms with Crippen molar-refractivity contribution in [3.05, 3.63) is 48.0 Å². The van der Waals surface area contributed by atoms with Crippen LogP contribution >= 0.6 is 0 Å². The largest absolute Gasteiger partial charge is 0.464 e. The molecule has 4 atom stereocenters. The van der Waals surface area contributed by atoms with E-state index in [9.17, 15) is 9.59 Å². The number of hydrogen-bond donors (Lipinski definition) is 0. The molecule has 1 aromatic rings. The summed E-state index contributed by atoms with van der Waals surface area (Å²) in [5.74, 6) is -1.06. The Morgan fingerprint density at radius 3 is 2.05 bits per heavy atom. The van der Waals surface area contributed by atoms with E-state index in [1.807, 2.05) is 30.3 Å². The molecule has 40 heavy (non-hydrogen) atoms. The summed E-state index contributed by atoms with van der Waals surface area (Å²) >= 11 is 0. The molecule has 5 nitrogen and oxygen atoms in total. The summed E-state index contributed by atoms with van der Waals surface area (Å²) in [6.45, 7) is 2.31. The first kappa shape index (κ1) is 32.4. The SMILES string of the molecule is CCCCCCCC/C=C\CCCCCCCC(=O)OCC(C(=O)OC1C[C@H]2CC[C@@H](C1)N2C)c1ccccc1. The Morgan fingerprint density at radius 2 is 1.43 bits per heavy atom. The Bertz CT molecular complexity index is 855. The molecule has 0 radical (unpaired) electrons. The van der Waals surface area contributed by atoms with Gasteiger partial charge in [0.2, 0.25) is 0 Å². The average molecular weight is 554 g/mol. The first-order valence-electron chi connectivity index (χ1n) is 16.4. The van der Waals surface area contributed by atoms with Crippen LogP contribution in [0.2, 0.25) is 0 Å². The van der Waals surface area contributed by atoms with Crippen molar-refractivity contribution in [3.63, 3.8) is 0 Å². The molecule has 0 N–H and O–H groups in total. The molecule has 0 spiro atoms. The van der Waals surface area contributed by atoms with Crippen molar-refractivity contribution in [2.75, 3.05) is 13.7 Å². The summed E-state index contributed by atoms with van der Waals surface area (Å²) < 4.78 is 11.6. The highest BCUT2D eigenvalue weighted by atomic mass is 16.6. The molecule has 0 aromatic heterocycles. The molecule has 3 rings (SSSR count). The molecule has 2 fully saturated rings. The molecule has 2 saturated heterocycles. The van der Waals surface area contributed by atoms with E-state index in [0.29, 0.717) is 18.5 Å². The summed E-state index contributed by atoms with van der Waals surface area (Å²) in [4.78, 5) is 28.1. The summed E-state index contributed by atoms with van der Waals surface area (Å²) in [6.07, 6.45) is 25.2. The van der Waals surface area contributed by atoms with Crippen molar-refractivity contribution in [2.24, 2.45) is 0 Å². The van der Waals surface area contributed by atoms with Crippen LogP contribution in [0.1, 0.15) is 134 Å². The predicted octanol–water partition coefficient (Wildman–Crippen LogP) is 8.52. The van der Waals surface area contributed by atoms with Crippen LogP contribution in [-0.2, 0) is 19.1 Å². The van der Waals surface area contributed by atoms with Crippen LogP contribution in [0.3, 0.4) is 0 Å². The van der Waals surface area contributed by atoms with Gasteiger partial charge in [0.05, 0.1) is 0 Å². The number of allylic oxidation sites excluding steroid dienone is 2. The van der Waals surface area contributed by atoms with E-state index in [-0.39, 0.29) is 24.6 Å². The monoisotopic (exact) mass is 553 g/mol. The van der Waals surface area contributed by atoms with Gasteiger partial charge in [-0.05, 0) is 70.4 Å². The number of rotatable bonds is 20. The quantitative estimate of drug-likeness (QED) is 0.0920. The lowest BCUT2D eigenvalue weighted by molar-refractivity contribution is -0.158. The minimum atomic E-state index is -0.573. The van der Waals surface area contributed by atoms with Gasteiger partial charge in [-0.1, -0.05) is 101 Å². The van der Waals surface area contributed by atoms with Crippen molar-refractivity contribution >= 4 is 11.9 Å². The molecule has 2 aliphatic heterocycles. The standard InChI is InChI=1S/C35H55NO4/c1-3-4-5-6-7-8-9-10-11-12-13-14-15-16-20-23-34(37)39-28-33(29-21-18-17-19-22-29)35(38)40-32-26-30-24-25-31(27-32)36(30)2/h10-11,17-19,21-22,30-33H,3-9,12-16,20,23-28H2,1-2H3/b11-10-/t30-,31+,32?,33?. The lowest BCUT2D eigenvalue weighted by Crippen LogP contribution is -2.44. The third-order valence-electron chi connectivity index (χ3n) is 8.88. The predicted molar refractivity (Wildman–Crippen MR) is 163 cm³/mol. The molecule has 224 valence electrons. The Balaban J connectivity index is 1.26. The zero-order chi connectivity index (χ0) is 28.4. The van der Waals surface area contributed by atoms with Gasteiger partial charge < -0.3 is 14.4 Å². The number of carbonyl (C=O) groups excluding carboxylic acids is 2. The highest BCUT2D eigenvalue weighted by Crippen LogP contribution is 2.36. The third kappa shape index (κ3) is 11.8. The molecule has 0 aliphatic carbocycles. The van der Waals surface area contributed by atoms with Crippen molar-refractivity contribution in [3.8, 4) is 0 Å². The van der Waals surface area contributed by atoms with Crippen LogP contribution in [0.5, 0.6) is 0 Å². The number of fused-ring (bicyclic) bond motifs is 2. The van der Waals surface area contributed by atoms with Crippen LogP contribution in [-0.4, -0.2) is 48.7 Å². The van der Waals surface area contributed by atoms with Crippen LogP contribution in [0, 0.1) is 0 Å². The van der Waals surface area contributed by atoms with Crippen molar-refractivity contribution < 1.29 is 19.1 Å². The van der Waals surface area contributed by atoms with E-state index in [0.717, 1.165) is 44.1 Å². The number of esters is 2. The lowest BCUT2D eigenvalue weighted by atomic mass is 9.98. The van der Waals surface area contributed by atoms with E-state index in [1.54, 1.807) is 0 Å². The van der Waals surface area contributed by atoms with E-state index in [2.05, 4.69) is 31.0 Å². The molecule has 5 heteroatoms. The fourth-order valence-corrected chi connectivity index (χ4v) is 6.28. The van der Waals surface area contributed by atoms with Gasteiger partial charge in [-0.3, -0.25) is 9.59 Å². The van der Waals surface area contributed by atoms with Gasteiger partial charge in [0.15, 0.2) is 0 Å². The fraction of sp³-hybridized carbons (Fsp3) is 0.714. The second kappa shape index (κ2) is 19.1. The van der Waals surface area contributed by atoms with Crippen LogP contribution in [0.25, 0.3) is 0 Å². The average Bonchev–Trinajstić information content (AvgIpc) is 3.15. The van der Waals surface area contributed by atoms with E-state index < -0.39 is 5.92 Å². The normalized spacial score (nSPS) is 21.5. The van der Waals surface area contributed by atoms with Crippen molar-refractivity contribution in [2.45, 2.75) is 147 Å². The first-order valence-corrected chi connectivity index (χ1v) is 16.4. The number of hydrogen-bond acceptors (Lipinski definition) is 5. The first-order chi connectivity index (χ1) is 19.6. The summed E-state index contributed by atoms with van der Waals surface area (Å²) in [5, 5.41) is 0. The summed E-state index contributed by atoms with van der Waals surface area (Å²) in [7, 11) is 2.18. The van der Waals surface area contributed by atoms with Crippen LogP contribution in [0.4, 0.5) is 0 Å². The van der Waals surface area contributed by atoms with Gasteiger partial charge in [0.1, 0.15) is 18.6 Å². The molecule has 2 unspecified atom stereocenters. The smallest absolute Gasteiger partial charge is 0.317 e. The second-order valence-corrected chi connectivity index (χ2v) is 12.1. The molecular formula is C35H55NO4. The number of ether oxygens (including phenoxy) is 2. The second-order valence-electron chi connectivity index (χ2n) is 12.1. The minimum absolute atomic E-state index is 0.0427. The van der Waals surface area contributed by atoms with Crippen LogP contribution < -0.4 is 0 Å². The number of nitrogens with zero attached hydrogens (tertiary/aromatic N) is 1. The van der Waals surface area contributed by atoms with Gasteiger partial charge in [0.25, 0.3) is 0 Å². The Labute approximate surface area is 244 Å². The van der Waals surface area contributed by atoms with E-state index in [1.165, 1.54) is 70.6 Å². The zero-order valence-electron chi connectivity index (χ0n) is 25.4. The molecule has 2 heterocycles. The van der Waals surface area contributed by atoms with Gasteiger partial charge >= 0.3 is 11.9 Å². The maximum absolute atomic E-state index is 13.2. The van der Waals surface area contributed by atoms with Gasteiger partial charge in [-0.15, -0.1) is 0 Å². The molecule has 0 saturated carbocycles. The number of benzene rings is 1. The maximum atomic E-state index is 13.2. The molecule has 2 bridgehead atoms. The third-order valence-corrected chi connectivity index (χ3v) is 8.88. The van der Waals surface area contributed by atoms with Crippen molar-refractivity contribution in [1.29, 1.82) is 0 Å². The highest BCUT2D eigenvalue weighted by molar-refractivity contribution is 5.79. The fourth-order valence-electron chi connectivity index (χ4n) is 6.28. The Kier molecular flexibility index (Phi) is 15.4. The van der Waals surface area contributed by atoms with E-state index >= 15 is 0 Å². The highest BCUT2D eigenvalue weighted by Gasteiger charge is 2.40. The van der Waals surface area contributed by atoms with Gasteiger partial charge in [-0.25, -0.2) is 0 Å². The van der Waals surface area contributed by atoms with Crippen molar-refractivity contribution in [1.82, 2.24) is 4.90 Å². The summed E-state index contributed by atoms with van der Waals surface area (Å²) in [6, 6.07) is 10.6. The number of piperidine rings is 1. The molecule has 0 amide bonds. The topological polar surface area (TPSA) is 55.8 Å². The maximum Gasteiger partial charge on any atom is 0.317 e. The molecule has 2 aliphatic rings. The Morgan fingerprint density at radius 1 is 0.850 bits per heavy atom. The molecular weight excluding hydrogens is 498 g/mol. The van der Waals surface area contributed by atoms with Crippen LogP contribution in [0.15, 0.2) is 42.5 Å². The van der Waals surface area contributed by atoms with Gasteiger partial charge in [-0.2, -0.15) is 0 Å². The number of unbranched alkanes of at least 4 members (excludes halogenated alkanes) is 11. The summed E-state index contributed by atoms with van der Waals surface area (Å²) in [5.41, 5.74) is 0.845. The minimum Gasteiger partial charge on any atom is -0.464 e.